The Hall–Kier alpha value is -1.75. The van der Waals surface area contributed by atoms with Crippen molar-refractivity contribution in [1.82, 2.24) is 15.5 Å². The van der Waals surface area contributed by atoms with Crippen LogP contribution < -0.4 is 5.32 Å². The van der Waals surface area contributed by atoms with Gasteiger partial charge in [-0.2, -0.15) is 4.98 Å². The van der Waals surface area contributed by atoms with Gasteiger partial charge in [-0.25, -0.2) is 9.71 Å². The van der Waals surface area contributed by atoms with E-state index in [9.17, 15) is 4.39 Å². The molecule has 1 unspecified atom stereocenters. The number of piperidine rings is 1. The Kier molecular flexibility index (Phi) is 3.06. The summed E-state index contributed by atoms with van der Waals surface area (Å²) in [6.07, 6.45) is 2.12. The Labute approximate surface area is 104 Å². The van der Waals surface area contributed by atoms with E-state index in [0.29, 0.717) is 11.7 Å². The molecule has 1 aromatic carbocycles. The summed E-state index contributed by atoms with van der Waals surface area (Å²) in [5.74, 6) is 1.13. The van der Waals surface area contributed by atoms with Crippen LogP contribution in [0.3, 0.4) is 0 Å². The van der Waals surface area contributed by atoms with Gasteiger partial charge in [0.1, 0.15) is 5.82 Å². The summed E-state index contributed by atoms with van der Waals surface area (Å²) in [7, 11) is 0. The minimum Gasteiger partial charge on any atom is -0.334 e. The van der Waals surface area contributed by atoms with Crippen LogP contribution in [0.4, 0.5) is 4.39 Å². The Morgan fingerprint density at radius 2 is 2.06 bits per heavy atom. The van der Waals surface area contributed by atoms with Crippen LogP contribution >= 0.6 is 0 Å². The fourth-order valence-corrected chi connectivity index (χ4v) is 2.11. The van der Waals surface area contributed by atoms with Crippen molar-refractivity contribution < 1.29 is 8.91 Å². The highest BCUT2D eigenvalue weighted by Gasteiger charge is 2.21. The topological polar surface area (TPSA) is 53.0 Å². The molecule has 0 aliphatic carbocycles. The molecule has 18 heavy (non-hydrogen) atoms. The molecule has 0 N–H and O–H groups in total. The first kappa shape index (κ1) is 11.3. The molecule has 1 atom stereocenters. The first-order chi connectivity index (χ1) is 8.83. The van der Waals surface area contributed by atoms with Crippen LogP contribution in [0.1, 0.15) is 24.6 Å². The molecule has 1 aliphatic heterocycles. The molecule has 1 aliphatic rings. The second-order valence-corrected chi connectivity index (χ2v) is 4.43. The summed E-state index contributed by atoms with van der Waals surface area (Å²) in [5.41, 5.74) is 0.739. The van der Waals surface area contributed by atoms with Crippen LogP contribution in [0.25, 0.3) is 11.5 Å². The van der Waals surface area contributed by atoms with Crippen LogP contribution in [0, 0.1) is 5.82 Å². The molecule has 1 fully saturated rings. The zero-order valence-corrected chi connectivity index (χ0v) is 9.84. The fraction of sp³-hybridized carbons (Fsp3) is 0.385. The summed E-state index contributed by atoms with van der Waals surface area (Å²) >= 11 is 0. The third kappa shape index (κ3) is 2.26. The molecule has 0 amide bonds. The minimum absolute atomic E-state index is 0.261. The summed E-state index contributed by atoms with van der Waals surface area (Å²) in [4.78, 5) is 4.37. The highest BCUT2D eigenvalue weighted by atomic mass is 19.1. The summed E-state index contributed by atoms with van der Waals surface area (Å²) in [6, 6.07) is 6.04. The molecule has 2 heterocycles. The Morgan fingerprint density at radius 1 is 1.22 bits per heavy atom. The second kappa shape index (κ2) is 4.86. The zero-order valence-electron chi connectivity index (χ0n) is 9.84. The maximum Gasteiger partial charge on any atom is 0.257 e. The molecule has 3 rings (SSSR count). The summed E-state index contributed by atoms with van der Waals surface area (Å²) < 4.78 is 18.0. The van der Waals surface area contributed by atoms with Gasteiger partial charge in [-0.05, 0) is 37.1 Å². The third-order valence-electron chi connectivity index (χ3n) is 3.12. The zero-order chi connectivity index (χ0) is 12.4. The van der Waals surface area contributed by atoms with E-state index < -0.39 is 0 Å². The van der Waals surface area contributed by atoms with E-state index in [1.54, 1.807) is 12.1 Å². The number of hydrogen-bond acceptors (Lipinski definition) is 3. The second-order valence-electron chi connectivity index (χ2n) is 4.43. The van der Waals surface area contributed by atoms with Gasteiger partial charge in [0.05, 0.1) is 0 Å². The molecule has 1 saturated heterocycles. The minimum atomic E-state index is -0.274. The molecule has 4 nitrogen and oxygen atoms in total. The van der Waals surface area contributed by atoms with E-state index in [2.05, 4.69) is 15.5 Å². The highest BCUT2D eigenvalue weighted by molar-refractivity contribution is 5.52. The molecule has 0 bridgehead atoms. The normalized spacial score (nSPS) is 19.9. The van der Waals surface area contributed by atoms with E-state index in [1.165, 1.54) is 12.1 Å². The Morgan fingerprint density at radius 3 is 2.78 bits per heavy atom. The Balaban J connectivity index is 1.82. The summed E-state index contributed by atoms with van der Waals surface area (Å²) in [5, 5.41) is 8.36. The van der Waals surface area contributed by atoms with Gasteiger partial charge in [-0.15, -0.1) is 0 Å². The van der Waals surface area contributed by atoms with Crippen LogP contribution in [-0.2, 0) is 0 Å². The monoisotopic (exact) mass is 246 g/mol. The molecular formula is C13H13FN3O. The van der Waals surface area contributed by atoms with Gasteiger partial charge in [-0.1, -0.05) is 5.16 Å². The molecule has 2 aromatic rings. The number of nitrogens with zero attached hydrogens (tertiary/aromatic N) is 3. The molecule has 1 aromatic heterocycles. The van der Waals surface area contributed by atoms with Crippen LogP contribution in [0.15, 0.2) is 28.8 Å². The van der Waals surface area contributed by atoms with E-state index in [4.69, 9.17) is 4.52 Å². The standard InChI is InChI=1S/C13H13FN3O/c14-11-5-3-9(4-6-11)13-16-12(17-18-13)10-2-1-7-15-8-10/h3-6,10H,1-2,7-8H2. The van der Waals surface area contributed by atoms with Gasteiger partial charge >= 0.3 is 0 Å². The van der Waals surface area contributed by atoms with Gasteiger partial charge in [0.2, 0.25) is 0 Å². The molecule has 5 heteroatoms. The lowest BCUT2D eigenvalue weighted by Gasteiger charge is -2.17. The van der Waals surface area contributed by atoms with Crippen molar-refractivity contribution in [2.75, 3.05) is 13.1 Å². The molecular weight excluding hydrogens is 233 g/mol. The number of rotatable bonds is 2. The maximum atomic E-state index is 12.8. The lowest BCUT2D eigenvalue weighted by molar-refractivity contribution is 0.391. The van der Waals surface area contributed by atoms with Gasteiger partial charge in [0.15, 0.2) is 5.82 Å². The van der Waals surface area contributed by atoms with E-state index in [0.717, 1.165) is 31.5 Å². The smallest absolute Gasteiger partial charge is 0.257 e. The van der Waals surface area contributed by atoms with Crippen LogP contribution in [0.5, 0.6) is 0 Å². The number of halogens is 1. The number of aromatic nitrogens is 2. The van der Waals surface area contributed by atoms with Crippen molar-refractivity contribution >= 4 is 0 Å². The fourth-order valence-electron chi connectivity index (χ4n) is 2.11. The molecule has 93 valence electrons. The van der Waals surface area contributed by atoms with Crippen molar-refractivity contribution in [3.8, 4) is 11.5 Å². The van der Waals surface area contributed by atoms with Gasteiger partial charge in [0.25, 0.3) is 5.89 Å². The van der Waals surface area contributed by atoms with Crippen molar-refractivity contribution in [2.24, 2.45) is 0 Å². The van der Waals surface area contributed by atoms with E-state index in [-0.39, 0.29) is 11.7 Å². The van der Waals surface area contributed by atoms with Gasteiger partial charge in [0, 0.05) is 24.6 Å². The van der Waals surface area contributed by atoms with E-state index in [1.807, 2.05) is 0 Å². The molecule has 0 saturated carbocycles. The average Bonchev–Trinajstić information content (AvgIpc) is 2.90. The van der Waals surface area contributed by atoms with Crippen molar-refractivity contribution in [3.05, 3.63) is 35.9 Å². The largest absolute Gasteiger partial charge is 0.334 e. The first-order valence-electron chi connectivity index (χ1n) is 6.06. The quantitative estimate of drug-likeness (QED) is 0.817. The SMILES string of the molecule is Fc1ccc(-c2nc(C3CCC[N]C3)no2)cc1. The third-order valence-corrected chi connectivity index (χ3v) is 3.12. The maximum absolute atomic E-state index is 12.8. The van der Waals surface area contributed by atoms with E-state index >= 15 is 0 Å². The van der Waals surface area contributed by atoms with Crippen LogP contribution in [0.2, 0.25) is 0 Å². The van der Waals surface area contributed by atoms with Crippen LogP contribution in [-0.4, -0.2) is 23.2 Å². The number of benzene rings is 1. The summed E-state index contributed by atoms with van der Waals surface area (Å²) in [6.45, 7) is 1.70. The van der Waals surface area contributed by atoms with Gasteiger partial charge < -0.3 is 4.52 Å². The highest BCUT2D eigenvalue weighted by Crippen LogP contribution is 2.24. The molecule has 1 radical (unpaired) electrons. The molecule has 0 spiro atoms. The Bertz CT molecular complexity index is 517. The number of hydrogen-bond donors (Lipinski definition) is 0. The van der Waals surface area contributed by atoms with Crippen molar-refractivity contribution in [3.63, 3.8) is 0 Å². The average molecular weight is 246 g/mol. The van der Waals surface area contributed by atoms with Crippen molar-refractivity contribution in [1.29, 1.82) is 0 Å². The lowest BCUT2D eigenvalue weighted by Crippen LogP contribution is -2.23. The van der Waals surface area contributed by atoms with Crippen molar-refractivity contribution in [2.45, 2.75) is 18.8 Å². The first-order valence-corrected chi connectivity index (χ1v) is 6.06. The predicted molar refractivity (Wildman–Crippen MR) is 63.5 cm³/mol. The lowest BCUT2D eigenvalue weighted by atomic mass is 9.99. The predicted octanol–water partition coefficient (Wildman–Crippen LogP) is 2.36. The van der Waals surface area contributed by atoms with Gasteiger partial charge in [-0.3, -0.25) is 0 Å².